The molecule has 5 heteroatoms. The average Bonchev–Trinajstić information content (AvgIpc) is 2.68. The highest BCUT2D eigenvalue weighted by atomic mass is 19.3. The molecule has 154 valence electrons. The average molecular weight is 403 g/mol. The lowest BCUT2D eigenvalue weighted by Gasteiger charge is -2.35. The molecule has 0 atom stereocenters. The quantitative estimate of drug-likeness (QED) is 0.488. The molecule has 0 radical (unpaired) electrons. The molecular formula is C24H25F4N. The highest BCUT2D eigenvalue weighted by Crippen LogP contribution is 2.41. The number of halogens is 4. The van der Waals surface area contributed by atoms with E-state index in [-0.39, 0.29) is 11.3 Å². The largest absolute Gasteiger partial charge is 0.335 e. The van der Waals surface area contributed by atoms with Gasteiger partial charge in [-0.15, -0.1) is 0 Å². The summed E-state index contributed by atoms with van der Waals surface area (Å²) in [5, 5.41) is 0. The summed E-state index contributed by atoms with van der Waals surface area (Å²) in [4.78, 5) is 1.21. The smallest absolute Gasteiger partial charge is 0.256 e. The zero-order chi connectivity index (χ0) is 21.7. The van der Waals surface area contributed by atoms with Crippen molar-refractivity contribution in [2.75, 3.05) is 6.54 Å². The van der Waals surface area contributed by atoms with Gasteiger partial charge >= 0.3 is 0 Å². The van der Waals surface area contributed by atoms with Crippen molar-refractivity contribution in [2.45, 2.75) is 34.1 Å². The topological polar surface area (TPSA) is 3.24 Å². The van der Waals surface area contributed by atoms with Gasteiger partial charge in [-0.2, -0.15) is 0 Å². The van der Waals surface area contributed by atoms with Crippen molar-refractivity contribution >= 4 is 11.3 Å². The van der Waals surface area contributed by atoms with E-state index in [1.54, 1.807) is 44.2 Å². The van der Waals surface area contributed by atoms with E-state index in [1.165, 1.54) is 17.0 Å². The van der Waals surface area contributed by atoms with Gasteiger partial charge in [-0.1, -0.05) is 50.8 Å². The van der Waals surface area contributed by atoms with Crippen molar-refractivity contribution in [1.29, 1.82) is 0 Å². The molecule has 0 saturated heterocycles. The van der Waals surface area contributed by atoms with Crippen molar-refractivity contribution in [1.82, 2.24) is 4.90 Å². The molecule has 1 nitrogen and oxygen atoms in total. The SMILES string of the molecule is C=C1C(C)=CC(c2ccccc2)=C(c2c(F)cc(C)cc2F)N1CC(F)F.CC. The van der Waals surface area contributed by atoms with Crippen molar-refractivity contribution in [2.24, 2.45) is 0 Å². The Labute approximate surface area is 169 Å². The Balaban J connectivity index is 0.00000145. The molecule has 1 heterocycles. The number of benzene rings is 2. The lowest BCUT2D eigenvalue weighted by atomic mass is 9.91. The summed E-state index contributed by atoms with van der Waals surface area (Å²) in [5.41, 5.74) is 2.26. The van der Waals surface area contributed by atoms with E-state index in [0.717, 1.165) is 0 Å². The summed E-state index contributed by atoms with van der Waals surface area (Å²) in [6.07, 6.45) is -0.968. The van der Waals surface area contributed by atoms with Crippen LogP contribution in [0.15, 0.2) is 66.4 Å². The molecule has 1 aliphatic heterocycles. The Kier molecular flexibility index (Phi) is 7.43. The fourth-order valence-corrected chi connectivity index (χ4v) is 3.23. The maximum absolute atomic E-state index is 14.8. The number of aryl methyl sites for hydroxylation is 1. The molecule has 0 saturated carbocycles. The fraction of sp³-hybridized carbons (Fsp3) is 0.250. The molecular weight excluding hydrogens is 378 g/mol. The van der Waals surface area contributed by atoms with Gasteiger partial charge in [-0.3, -0.25) is 0 Å². The molecule has 2 aromatic carbocycles. The molecule has 2 aromatic rings. The van der Waals surface area contributed by atoms with Crippen LogP contribution in [0.25, 0.3) is 11.3 Å². The van der Waals surface area contributed by atoms with Gasteiger partial charge in [0.1, 0.15) is 11.6 Å². The van der Waals surface area contributed by atoms with Crippen molar-refractivity contribution in [3.05, 3.63) is 94.7 Å². The molecule has 0 unspecified atom stereocenters. The first kappa shape index (κ1) is 22.5. The van der Waals surface area contributed by atoms with Crippen LogP contribution in [0.5, 0.6) is 0 Å². The van der Waals surface area contributed by atoms with Crippen LogP contribution in [0.1, 0.15) is 37.5 Å². The van der Waals surface area contributed by atoms with E-state index in [2.05, 4.69) is 6.58 Å². The van der Waals surface area contributed by atoms with Gasteiger partial charge < -0.3 is 4.90 Å². The Morgan fingerprint density at radius 3 is 2.03 bits per heavy atom. The van der Waals surface area contributed by atoms with Crippen LogP contribution in [0.3, 0.4) is 0 Å². The van der Waals surface area contributed by atoms with Crippen LogP contribution < -0.4 is 0 Å². The molecule has 3 rings (SSSR count). The molecule has 0 aromatic heterocycles. The second-order valence-electron chi connectivity index (χ2n) is 6.51. The minimum Gasteiger partial charge on any atom is -0.335 e. The third kappa shape index (κ3) is 4.78. The number of allylic oxidation sites excluding steroid dienone is 3. The molecule has 0 N–H and O–H groups in total. The summed E-state index contributed by atoms with van der Waals surface area (Å²) in [6, 6.07) is 11.3. The van der Waals surface area contributed by atoms with Crippen LogP contribution in [0, 0.1) is 18.6 Å². The molecule has 0 bridgehead atoms. The van der Waals surface area contributed by atoms with Crippen LogP contribution in [0.2, 0.25) is 0 Å². The normalized spacial score (nSPS) is 14.0. The summed E-state index contributed by atoms with van der Waals surface area (Å²) in [7, 11) is 0. The zero-order valence-electron chi connectivity index (χ0n) is 17.1. The first-order valence-corrected chi connectivity index (χ1v) is 9.48. The Bertz CT molecular complexity index is 920. The van der Waals surface area contributed by atoms with Gasteiger partial charge in [0.05, 0.1) is 17.8 Å². The molecule has 0 aliphatic carbocycles. The summed E-state index contributed by atoms with van der Waals surface area (Å²) < 4.78 is 56.1. The molecule has 0 spiro atoms. The second-order valence-corrected chi connectivity index (χ2v) is 6.51. The Morgan fingerprint density at radius 1 is 0.966 bits per heavy atom. The van der Waals surface area contributed by atoms with Crippen LogP contribution in [-0.4, -0.2) is 17.9 Å². The Hall–Kier alpha value is -2.82. The van der Waals surface area contributed by atoms with Gasteiger partial charge in [-0.05, 0) is 48.8 Å². The molecule has 29 heavy (non-hydrogen) atoms. The molecule has 1 aliphatic rings. The predicted octanol–water partition coefficient (Wildman–Crippen LogP) is 7.21. The maximum atomic E-state index is 14.8. The summed E-state index contributed by atoms with van der Waals surface area (Å²) in [6.45, 7) is 10.5. The van der Waals surface area contributed by atoms with Gasteiger partial charge in [0.2, 0.25) is 0 Å². The van der Waals surface area contributed by atoms with Crippen molar-refractivity contribution in [3.8, 4) is 0 Å². The minimum absolute atomic E-state index is 0.0621. The first-order valence-electron chi connectivity index (χ1n) is 9.48. The third-order valence-electron chi connectivity index (χ3n) is 4.50. The highest BCUT2D eigenvalue weighted by Gasteiger charge is 2.30. The molecule has 0 amide bonds. The number of hydrogen-bond acceptors (Lipinski definition) is 1. The fourth-order valence-electron chi connectivity index (χ4n) is 3.23. The van der Waals surface area contributed by atoms with E-state index in [4.69, 9.17) is 0 Å². The van der Waals surface area contributed by atoms with E-state index in [9.17, 15) is 17.6 Å². The Morgan fingerprint density at radius 2 is 1.52 bits per heavy atom. The van der Waals surface area contributed by atoms with E-state index in [1.807, 2.05) is 19.9 Å². The van der Waals surface area contributed by atoms with Gasteiger partial charge in [0, 0.05) is 11.3 Å². The maximum Gasteiger partial charge on any atom is 0.256 e. The van der Waals surface area contributed by atoms with Gasteiger partial charge in [0.25, 0.3) is 6.43 Å². The standard InChI is InChI=1S/C22H19F4N.C2H6/c1-13-9-18(23)21(19(24)10-13)22-17(16-7-5-4-6-8-16)11-14(2)15(3)27(22)12-20(25)26;1-2/h4-11,20H,3,12H2,1-2H3;1-2H3. The van der Waals surface area contributed by atoms with Crippen LogP contribution in [-0.2, 0) is 0 Å². The number of alkyl halides is 2. The predicted molar refractivity (Wildman–Crippen MR) is 111 cm³/mol. The second kappa shape index (κ2) is 9.59. The zero-order valence-corrected chi connectivity index (χ0v) is 17.1. The van der Waals surface area contributed by atoms with Crippen LogP contribution >= 0.6 is 0 Å². The summed E-state index contributed by atoms with van der Waals surface area (Å²) >= 11 is 0. The van der Waals surface area contributed by atoms with E-state index < -0.39 is 24.6 Å². The summed E-state index contributed by atoms with van der Waals surface area (Å²) in [5.74, 6) is -1.59. The lowest BCUT2D eigenvalue weighted by Crippen LogP contribution is -2.30. The van der Waals surface area contributed by atoms with E-state index in [0.29, 0.717) is 28.0 Å². The first-order chi connectivity index (χ1) is 13.8. The highest BCUT2D eigenvalue weighted by molar-refractivity contribution is 5.98. The number of nitrogens with zero attached hydrogens (tertiary/aromatic N) is 1. The van der Waals surface area contributed by atoms with Gasteiger partial charge in [-0.25, -0.2) is 17.6 Å². The van der Waals surface area contributed by atoms with Crippen molar-refractivity contribution in [3.63, 3.8) is 0 Å². The van der Waals surface area contributed by atoms with Crippen LogP contribution in [0.4, 0.5) is 17.6 Å². The monoisotopic (exact) mass is 403 g/mol. The lowest BCUT2D eigenvalue weighted by molar-refractivity contribution is 0.123. The van der Waals surface area contributed by atoms with Crippen molar-refractivity contribution < 1.29 is 17.6 Å². The van der Waals surface area contributed by atoms with E-state index >= 15 is 0 Å². The third-order valence-corrected chi connectivity index (χ3v) is 4.50. The number of hydrogen-bond donors (Lipinski definition) is 0. The van der Waals surface area contributed by atoms with Gasteiger partial charge in [0.15, 0.2) is 0 Å². The number of rotatable bonds is 4. The minimum atomic E-state index is -2.70. The molecule has 0 fully saturated rings.